The Morgan fingerprint density at radius 1 is 1.43 bits per heavy atom. The van der Waals surface area contributed by atoms with Crippen molar-refractivity contribution in [2.45, 2.75) is 0 Å². The molecule has 0 saturated carbocycles. The van der Waals surface area contributed by atoms with E-state index in [1.54, 1.807) is 0 Å². The summed E-state index contributed by atoms with van der Waals surface area (Å²) in [5.74, 6) is 0. The van der Waals surface area contributed by atoms with E-state index in [0.29, 0.717) is 0 Å². The molecule has 1 heterocycles. The standard InChI is InChI=1S/C2HIN4/c3-2-1-4-6-7-5-2/h1H. The maximum absolute atomic E-state index is 3.54. The molecular formula is C2HIN4. The van der Waals surface area contributed by atoms with Gasteiger partial charge >= 0.3 is 0 Å². The van der Waals surface area contributed by atoms with E-state index < -0.39 is 0 Å². The van der Waals surface area contributed by atoms with Crippen LogP contribution in [0.4, 0.5) is 0 Å². The van der Waals surface area contributed by atoms with Crippen LogP contribution >= 0.6 is 22.6 Å². The predicted molar refractivity (Wildman–Crippen MR) is 30.3 cm³/mol. The molecule has 0 aromatic carbocycles. The molecule has 0 aliphatic heterocycles. The first-order chi connectivity index (χ1) is 3.39. The largest absolute Gasteiger partial charge is 0.145 e. The molecule has 0 aliphatic rings. The molecule has 1 aromatic heterocycles. The van der Waals surface area contributed by atoms with Crippen LogP contribution in [0, 0.1) is 3.70 Å². The third-order valence-electron chi connectivity index (χ3n) is 0.396. The van der Waals surface area contributed by atoms with Gasteiger partial charge in [0.1, 0.15) is 3.70 Å². The molecule has 36 valence electrons. The van der Waals surface area contributed by atoms with E-state index >= 15 is 0 Å². The van der Waals surface area contributed by atoms with Crippen molar-refractivity contribution < 1.29 is 0 Å². The van der Waals surface area contributed by atoms with Crippen molar-refractivity contribution in [3.05, 3.63) is 9.90 Å². The zero-order valence-corrected chi connectivity index (χ0v) is 5.40. The average Bonchev–Trinajstić information content (AvgIpc) is 1.69. The minimum absolute atomic E-state index is 0.757. The van der Waals surface area contributed by atoms with Crippen LogP contribution in [-0.2, 0) is 0 Å². The molecule has 5 heteroatoms. The fourth-order valence-electron chi connectivity index (χ4n) is 0.185. The molecule has 0 bridgehead atoms. The fraction of sp³-hybridized carbons (Fsp3) is 0. The van der Waals surface area contributed by atoms with Gasteiger partial charge in [-0.25, -0.2) is 0 Å². The minimum Gasteiger partial charge on any atom is -0.134 e. The number of rotatable bonds is 0. The SMILES string of the molecule is Ic1cnnnn1. The van der Waals surface area contributed by atoms with Crippen molar-refractivity contribution in [1.29, 1.82) is 0 Å². The summed E-state index contributed by atoms with van der Waals surface area (Å²) in [6.45, 7) is 0. The summed E-state index contributed by atoms with van der Waals surface area (Å²) >= 11 is 2.00. The Kier molecular flexibility index (Phi) is 1.45. The predicted octanol–water partition coefficient (Wildman–Crippen LogP) is -0.129. The Bertz CT molecular complexity index is 140. The Morgan fingerprint density at radius 2 is 2.29 bits per heavy atom. The van der Waals surface area contributed by atoms with Gasteiger partial charge in [0.25, 0.3) is 0 Å². The highest BCUT2D eigenvalue weighted by Crippen LogP contribution is 1.89. The van der Waals surface area contributed by atoms with Gasteiger partial charge in [-0.15, -0.1) is 10.2 Å². The zero-order valence-electron chi connectivity index (χ0n) is 3.24. The van der Waals surface area contributed by atoms with E-state index in [1.165, 1.54) is 6.20 Å². The Morgan fingerprint density at radius 3 is 2.57 bits per heavy atom. The molecule has 0 spiro atoms. The summed E-state index contributed by atoms with van der Waals surface area (Å²) in [6.07, 6.45) is 1.54. The first kappa shape index (κ1) is 4.82. The van der Waals surface area contributed by atoms with E-state index in [2.05, 4.69) is 20.6 Å². The molecule has 0 saturated heterocycles. The van der Waals surface area contributed by atoms with E-state index in [0.717, 1.165) is 3.70 Å². The maximum Gasteiger partial charge on any atom is 0.145 e. The quantitative estimate of drug-likeness (QED) is 0.557. The van der Waals surface area contributed by atoms with Crippen LogP contribution in [0.2, 0.25) is 0 Å². The number of nitrogens with zero attached hydrogens (tertiary/aromatic N) is 4. The van der Waals surface area contributed by atoms with Crippen molar-refractivity contribution in [3.63, 3.8) is 0 Å². The van der Waals surface area contributed by atoms with E-state index in [9.17, 15) is 0 Å². The Balaban J connectivity index is 3.02. The van der Waals surface area contributed by atoms with Gasteiger partial charge in [-0.05, 0) is 33.0 Å². The highest BCUT2D eigenvalue weighted by Gasteiger charge is 1.80. The van der Waals surface area contributed by atoms with Crippen LogP contribution in [0.1, 0.15) is 0 Å². The molecule has 0 unspecified atom stereocenters. The van der Waals surface area contributed by atoms with Gasteiger partial charge in [0.2, 0.25) is 0 Å². The van der Waals surface area contributed by atoms with Crippen LogP contribution in [-0.4, -0.2) is 20.6 Å². The van der Waals surface area contributed by atoms with Crippen molar-refractivity contribution in [2.24, 2.45) is 0 Å². The van der Waals surface area contributed by atoms with Crippen molar-refractivity contribution in [3.8, 4) is 0 Å². The first-order valence-electron chi connectivity index (χ1n) is 1.56. The smallest absolute Gasteiger partial charge is 0.134 e. The number of hydrogen-bond donors (Lipinski definition) is 0. The zero-order chi connectivity index (χ0) is 5.11. The molecule has 0 atom stereocenters. The molecule has 7 heavy (non-hydrogen) atoms. The molecule has 0 amide bonds. The van der Waals surface area contributed by atoms with Crippen LogP contribution in [0.25, 0.3) is 0 Å². The molecule has 1 rings (SSSR count). The summed E-state index contributed by atoms with van der Waals surface area (Å²) in [7, 11) is 0. The van der Waals surface area contributed by atoms with E-state index in [1.807, 2.05) is 22.6 Å². The van der Waals surface area contributed by atoms with Gasteiger partial charge in [-0.3, -0.25) is 0 Å². The fourth-order valence-corrected chi connectivity index (χ4v) is 0.406. The summed E-state index contributed by atoms with van der Waals surface area (Å²) in [5, 5.41) is 13.5. The van der Waals surface area contributed by atoms with Gasteiger partial charge < -0.3 is 0 Å². The van der Waals surface area contributed by atoms with Gasteiger partial charge in [0.05, 0.1) is 6.20 Å². The van der Waals surface area contributed by atoms with Gasteiger partial charge in [-0.2, -0.15) is 0 Å². The van der Waals surface area contributed by atoms with E-state index in [4.69, 9.17) is 0 Å². The molecule has 1 aromatic rings. The second-order valence-corrected chi connectivity index (χ2v) is 1.95. The Hall–Kier alpha value is -0.330. The van der Waals surface area contributed by atoms with Crippen LogP contribution < -0.4 is 0 Å². The lowest BCUT2D eigenvalue weighted by Gasteiger charge is -1.76. The van der Waals surface area contributed by atoms with Crippen molar-refractivity contribution >= 4 is 22.6 Å². The maximum atomic E-state index is 3.54. The van der Waals surface area contributed by atoms with Crippen LogP contribution in [0.15, 0.2) is 6.20 Å². The highest BCUT2D eigenvalue weighted by atomic mass is 127. The minimum atomic E-state index is 0.757. The number of hydrogen-bond acceptors (Lipinski definition) is 4. The van der Waals surface area contributed by atoms with Gasteiger partial charge in [0.15, 0.2) is 0 Å². The molecule has 0 fully saturated rings. The topological polar surface area (TPSA) is 51.6 Å². The normalized spacial score (nSPS) is 8.71. The molecule has 0 aliphatic carbocycles. The van der Waals surface area contributed by atoms with Crippen molar-refractivity contribution in [2.75, 3.05) is 0 Å². The average molecular weight is 208 g/mol. The van der Waals surface area contributed by atoms with E-state index in [-0.39, 0.29) is 0 Å². The number of halogens is 1. The second kappa shape index (κ2) is 2.10. The summed E-state index contributed by atoms with van der Waals surface area (Å²) in [4.78, 5) is 0. The third-order valence-corrected chi connectivity index (χ3v) is 0.890. The van der Waals surface area contributed by atoms with Crippen LogP contribution in [0.3, 0.4) is 0 Å². The van der Waals surface area contributed by atoms with Crippen LogP contribution in [0.5, 0.6) is 0 Å². The summed E-state index contributed by atoms with van der Waals surface area (Å²) in [6, 6.07) is 0. The molecule has 0 N–H and O–H groups in total. The lowest BCUT2D eigenvalue weighted by atomic mass is 10.9. The molecule has 4 nitrogen and oxygen atoms in total. The highest BCUT2D eigenvalue weighted by molar-refractivity contribution is 14.1. The van der Waals surface area contributed by atoms with Gasteiger partial charge in [-0.1, -0.05) is 0 Å². The first-order valence-corrected chi connectivity index (χ1v) is 2.64. The molecular weight excluding hydrogens is 207 g/mol. The van der Waals surface area contributed by atoms with Crippen molar-refractivity contribution in [1.82, 2.24) is 20.6 Å². The monoisotopic (exact) mass is 208 g/mol. The lowest BCUT2D eigenvalue weighted by Crippen LogP contribution is -1.90. The Labute approximate surface area is 53.5 Å². The molecule has 0 radical (unpaired) electrons. The number of aromatic nitrogens is 4. The third kappa shape index (κ3) is 1.30. The summed E-state index contributed by atoms with van der Waals surface area (Å²) < 4.78 is 0.757. The lowest BCUT2D eigenvalue weighted by molar-refractivity contribution is 0.747. The summed E-state index contributed by atoms with van der Waals surface area (Å²) in [5.41, 5.74) is 0. The van der Waals surface area contributed by atoms with Gasteiger partial charge in [0, 0.05) is 0 Å². The second-order valence-electron chi connectivity index (χ2n) is 0.846.